The first-order valence-corrected chi connectivity index (χ1v) is 7.47. The highest BCUT2D eigenvalue weighted by atomic mass is 16.5. The number of hydrogen-bond acceptors (Lipinski definition) is 5. The molecule has 0 amide bonds. The van der Waals surface area contributed by atoms with Crippen molar-refractivity contribution >= 4 is 11.7 Å². The molecular weight excluding hydrogens is 268 g/mol. The molecule has 1 aromatic heterocycles. The lowest BCUT2D eigenvalue weighted by Gasteiger charge is -2.29. The highest BCUT2D eigenvalue weighted by molar-refractivity contribution is 6.01. The second-order valence-corrected chi connectivity index (χ2v) is 5.85. The normalized spacial score (nSPS) is 25.1. The van der Waals surface area contributed by atoms with E-state index in [-0.39, 0.29) is 18.0 Å². The third-order valence-electron chi connectivity index (χ3n) is 4.58. The van der Waals surface area contributed by atoms with Gasteiger partial charge >= 0.3 is 0 Å². The predicted molar refractivity (Wildman–Crippen MR) is 81.0 cm³/mol. The largest absolute Gasteiger partial charge is 0.409 e. The molecule has 2 unspecified atom stereocenters. The van der Waals surface area contributed by atoms with Crippen LogP contribution in [0.25, 0.3) is 0 Å². The number of anilines is 1. The molecule has 1 aromatic rings. The summed E-state index contributed by atoms with van der Waals surface area (Å²) in [6.07, 6.45) is 4.26. The van der Waals surface area contributed by atoms with Crippen molar-refractivity contribution in [1.29, 1.82) is 0 Å². The summed E-state index contributed by atoms with van der Waals surface area (Å²) in [6, 6.07) is 2.29. The standard InChI is InChI=1S/C15H22N4O2/c1-9-13(6-7-21-9)19(2)15-11(14(16)18-20)8-10-4-3-5-12(10)17-15/h8-9,13,20H,3-7H2,1-2H3,(H2,16,18). The van der Waals surface area contributed by atoms with Crippen LogP contribution in [0.2, 0.25) is 0 Å². The van der Waals surface area contributed by atoms with Crippen molar-refractivity contribution in [1.82, 2.24) is 4.98 Å². The number of pyridine rings is 1. The van der Waals surface area contributed by atoms with E-state index in [1.165, 1.54) is 5.56 Å². The van der Waals surface area contributed by atoms with Gasteiger partial charge in [-0.3, -0.25) is 0 Å². The van der Waals surface area contributed by atoms with Crippen molar-refractivity contribution in [3.8, 4) is 0 Å². The second kappa shape index (κ2) is 5.52. The number of nitrogens with zero attached hydrogens (tertiary/aromatic N) is 3. The number of fused-ring (bicyclic) bond motifs is 1. The lowest BCUT2D eigenvalue weighted by molar-refractivity contribution is 0.118. The topological polar surface area (TPSA) is 84.0 Å². The number of rotatable bonds is 3. The van der Waals surface area contributed by atoms with E-state index in [1.807, 2.05) is 13.1 Å². The van der Waals surface area contributed by atoms with Crippen LogP contribution in [0.15, 0.2) is 11.2 Å². The molecule has 3 N–H and O–H groups in total. The minimum Gasteiger partial charge on any atom is -0.409 e. The van der Waals surface area contributed by atoms with Gasteiger partial charge in [-0.2, -0.15) is 0 Å². The summed E-state index contributed by atoms with van der Waals surface area (Å²) >= 11 is 0. The summed E-state index contributed by atoms with van der Waals surface area (Å²) in [4.78, 5) is 6.91. The second-order valence-electron chi connectivity index (χ2n) is 5.85. The van der Waals surface area contributed by atoms with Gasteiger partial charge < -0.3 is 20.6 Å². The first-order chi connectivity index (χ1) is 10.1. The molecule has 2 atom stereocenters. The Morgan fingerprint density at radius 1 is 1.52 bits per heavy atom. The van der Waals surface area contributed by atoms with Crippen LogP contribution in [0.4, 0.5) is 5.82 Å². The minimum atomic E-state index is 0.116. The summed E-state index contributed by atoms with van der Waals surface area (Å²) in [7, 11) is 2.01. The maximum absolute atomic E-state index is 9.05. The van der Waals surface area contributed by atoms with Crippen molar-refractivity contribution < 1.29 is 9.94 Å². The Labute approximate surface area is 124 Å². The molecule has 1 aliphatic carbocycles. The van der Waals surface area contributed by atoms with Crippen LogP contribution in [0.5, 0.6) is 0 Å². The van der Waals surface area contributed by atoms with Crippen molar-refractivity contribution in [3.63, 3.8) is 0 Å². The molecule has 1 saturated heterocycles. The Morgan fingerprint density at radius 3 is 3.00 bits per heavy atom. The molecule has 1 fully saturated rings. The summed E-state index contributed by atoms with van der Waals surface area (Å²) in [5, 5.41) is 12.2. The SMILES string of the molecule is CC1OCCC1N(C)c1nc2c(cc1C(N)=NO)CCC2. The van der Waals surface area contributed by atoms with E-state index < -0.39 is 0 Å². The number of aromatic nitrogens is 1. The van der Waals surface area contributed by atoms with Gasteiger partial charge in [0.2, 0.25) is 0 Å². The third kappa shape index (κ3) is 2.44. The zero-order valence-electron chi connectivity index (χ0n) is 12.5. The smallest absolute Gasteiger partial charge is 0.173 e. The first-order valence-electron chi connectivity index (χ1n) is 7.47. The van der Waals surface area contributed by atoms with Crippen LogP contribution >= 0.6 is 0 Å². The predicted octanol–water partition coefficient (Wildman–Crippen LogP) is 1.28. The average molecular weight is 290 g/mol. The minimum absolute atomic E-state index is 0.116. The van der Waals surface area contributed by atoms with Gasteiger partial charge in [-0.05, 0) is 44.2 Å². The fourth-order valence-electron chi connectivity index (χ4n) is 3.36. The lowest BCUT2D eigenvalue weighted by Crippen LogP contribution is -2.38. The monoisotopic (exact) mass is 290 g/mol. The molecule has 114 valence electrons. The van der Waals surface area contributed by atoms with Gasteiger partial charge in [-0.1, -0.05) is 5.16 Å². The molecule has 21 heavy (non-hydrogen) atoms. The number of oxime groups is 1. The Bertz CT molecular complexity index is 573. The van der Waals surface area contributed by atoms with Gasteiger partial charge in [-0.25, -0.2) is 4.98 Å². The highest BCUT2D eigenvalue weighted by Crippen LogP contribution is 2.30. The van der Waals surface area contributed by atoms with Crippen LogP contribution in [-0.4, -0.2) is 41.8 Å². The van der Waals surface area contributed by atoms with Crippen LogP contribution < -0.4 is 10.6 Å². The van der Waals surface area contributed by atoms with Crippen LogP contribution in [0.1, 0.15) is 36.6 Å². The molecule has 2 heterocycles. The molecule has 0 aromatic carbocycles. The fraction of sp³-hybridized carbons (Fsp3) is 0.600. The average Bonchev–Trinajstić information content (AvgIpc) is 3.12. The summed E-state index contributed by atoms with van der Waals surface area (Å²) in [5.41, 5.74) is 8.92. The van der Waals surface area contributed by atoms with Crippen molar-refractivity contribution in [3.05, 3.63) is 22.9 Å². The number of ether oxygens (including phenoxy) is 1. The first kappa shape index (κ1) is 14.1. The van der Waals surface area contributed by atoms with E-state index in [0.29, 0.717) is 5.56 Å². The van der Waals surface area contributed by atoms with E-state index in [0.717, 1.165) is 43.8 Å². The molecular formula is C15H22N4O2. The van der Waals surface area contributed by atoms with E-state index in [2.05, 4.69) is 17.0 Å². The quantitative estimate of drug-likeness (QED) is 0.379. The van der Waals surface area contributed by atoms with Gasteiger partial charge in [0.15, 0.2) is 5.84 Å². The third-order valence-corrected chi connectivity index (χ3v) is 4.58. The molecule has 1 aliphatic heterocycles. The fourth-order valence-corrected chi connectivity index (χ4v) is 3.36. The summed E-state index contributed by atoms with van der Waals surface area (Å²) in [5.74, 6) is 0.902. The molecule has 0 bridgehead atoms. The van der Waals surface area contributed by atoms with Gasteiger partial charge in [0, 0.05) is 19.3 Å². The van der Waals surface area contributed by atoms with E-state index in [9.17, 15) is 0 Å². The molecule has 3 rings (SSSR count). The molecule has 6 nitrogen and oxygen atoms in total. The Balaban J connectivity index is 2.03. The zero-order chi connectivity index (χ0) is 15.0. The Hall–Kier alpha value is -1.82. The maximum atomic E-state index is 9.05. The van der Waals surface area contributed by atoms with Gasteiger partial charge in [-0.15, -0.1) is 0 Å². The number of likely N-dealkylation sites (N-methyl/N-ethyl adjacent to an activating group) is 1. The highest BCUT2D eigenvalue weighted by Gasteiger charge is 2.31. The molecule has 0 saturated carbocycles. The van der Waals surface area contributed by atoms with Crippen molar-refractivity contribution in [2.24, 2.45) is 10.9 Å². The van der Waals surface area contributed by atoms with E-state index >= 15 is 0 Å². The Morgan fingerprint density at radius 2 is 2.33 bits per heavy atom. The van der Waals surface area contributed by atoms with Gasteiger partial charge in [0.1, 0.15) is 5.82 Å². The van der Waals surface area contributed by atoms with Gasteiger partial charge in [0.05, 0.1) is 17.7 Å². The van der Waals surface area contributed by atoms with Gasteiger partial charge in [0.25, 0.3) is 0 Å². The number of hydrogen-bond donors (Lipinski definition) is 2. The number of nitrogens with two attached hydrogens (primary N) is 1. The van der Waals surface area contributed by atoms with E-state index in [4.69, 9.17) is 20.7 Å². The van der Waals surface area contributed by atoms with Crippen LogP contribution in [0, 0.1) is 0 Å². The number of aryl methyl sites for hydroxylation is 2. The number of amidine groups is 1. The van der Waals surface area contributed by atoms with Crippen molar-refractivity contribution in [2.75, 3.05) is 18.6 Å². The molecule has 0 spiro atoms. The molecule has 0 radical (unpaired) electrons. The summed E-state index contributed by atoms with van der Waals surface area (Å²) < 4.78 is 5.65. The molecule has 6 heteroatoms. The maximum Gasteiger partial charge on any atom is 0.173 e. The lowest BCUT2D eigenvalue weighted by atomic mass is 10.1. The van der Waals surface area contributed by atoms with Crippen molar-refractivity contribution in [2.45, 2.75) is 44.8 Å². The van der Waals surface area contributed by atoms with E-state index in [1.54, 1.807) is 0 Å². The zero-order valence-corrected chi connectivity index (χ0v) is 12.5. The van der Waals surface area contributed by atoms with Crippen LogP contribution in [0.3, 0.4) is 0 Å². The Kier molecular flexibility index (Phi) is 3.71. The summed E-state index contributed by atoms with van der Waals surface area (Å²) in [6.45, 7) is 2.84. The molecule has 2 aliphatic rings. The van der Waals surface area contributed by atoms with Crippen LogP contribution in [-0.2, 0) is 17.6 Å².